The first-order chi connectivity index (χ1) is 5.20. The zero-order valence-corrected chi connectivity index (χ0v) is 12.2. The molecule has 88 valence electrons. The van der Waals surface area contributed by atoms with Crippen LogP contribution < -0.4 is 28.8 Å². The van der Waals surface area contributed by atoms with Gasteiger partial charge in [0.15, 0.2) is 0 Å². The summed E-state index contributed by atoms with van der Waals surface area (Å²) in [6, 6.07) is 0. The summed E-state index contributed by atoms with van der Waals surface area (Å²) in [7, 11) is -10.9. The maximum atomic E-state index is 8.52. The molecule has 0 heterocycles. The predicted octanol–water partition coefficient (Wildman–Crippen LogP) is -9.40. The van der Waals surface area contributed by atoms with Crippen molar-refractivity contribution in [1.82, 2.24) is 0 Å². The van der Waals surface area contributed by atoms with Crippen LogP contribution in [0.3, 0.4) is 0 Å². The van der Waals surface area contributed by atoms with Gasteiger partial charge in [0.1, 0.15) is 0 Å². The van der Waals surface area contributed by atoms with Crippen molar-refractivity contribution < 1.29 is 76.3 Å². The molecule has 0 aliphatic rings. The van der Waals surface area contributed by atoms with Crippen LogP contribution in [0.15, 0.2) is 0 Å². The zero-order valence-electron chi connectivity index (χ0n) is 7.04. The standard InChI is InChI=1S/2B.2Fe.3O3Si/c;;;;3*1-4(2)3/q;;2*+3;3*-2. The van der Waals surface area contributed by atoms with Crippen LogP contribution in [0.5, 0.6) is 0 Å². The molecule has 0 rings (SSSR count). The molecular formula is B2Fe2O9Si3. The minimum Gasteiger partial charge on any atom is -0.672 e. The molecule has 0 fully saturated rings. The molecule has 0 aliphatic carbocycles. The summed E-state index contributed by atoms with van der Waals surface area (Å²) < 4.78 is 25.6. The van der Waals surface area contributed by atoms with Gasteiger partial charge in [-0.1, -0.05) is 0 Å². The molecule has 9 nitrogen and oxygen atoms in total. The third kappa shape index (κ3) is 6260000. The van der Waals surface area contributed by atoms with Crippen molar-refractivity contribution in [2.45, 2.75) is 0 Å². The summed E-state index contributed by atoms with van der Waals surface area (Å²) in [5, 5.41) is 0. The van der Waals surface area contributed by atoms with Crippen LogP contribution >= 0.6 is 0 Å². The third-order valence-corrected chi connectivity index (χ3v) is 0. The summed E-state index contributed by atoms with van der Waals surface area (Å²) >= 11 is 0. The fourth-order valence-corrected chi connectivity index (χ4v) is 0. The summed E-state index contributed by atoms with van der Waals surface area (Å²) in [6.45, 7) is 0. The van der Waals surface area contributed by atoms with Crippen molar-refractivity contribution in [3.63, 3.8) is 0 Å². The first-order valence-electron chi connectivity index (χ1n) is 1.84. The monoisotopic (exact) mass is 362 g/mol. The Bertz CT molecular complexity index is 124. The fraction of sp³-hybridized carbons (Fsp3) is 0. The van der Waals surface area contributed by atoms with E-state index in [1.807, 2.05) is 0 Å². The second-order valence-electron chi connectivity index (χ2n) is 0.750. The van der Waals surface area contributed by atoms with Gasteiger partial charge >= 0.3 is 34.1 Å². The summed E-state index contributed by atoms with van der Waals surface area (Å²) in [5.41, 5.74) is 0. The Morgan fingerprint density at radius 2 is 0.500 bits per heavy atom. The average molecular weight is 362 g/mol. The molecule has 0 aromatic heterocycles. The van der Waals surface area contributed by atoms with Gasteiger partial charge in [-0.3, -0.25) is 0 Å². The molecule has 0 aromatic carbocycles. The smallest absolute Gasteiger partial charge is 0.672 e. The van der Waals surface area contributed by atoms with Gasteiger partial charge in [-0.05, 0) is 0 Å². The van der Waals surface area contributed by atoms with Gasteiger partial charge in [-0.2, -0.15) is 0 Å². The second kappa shape index (κ2) is 36.3. The van der Waals surface area contributed by atoms with E-state index in [2.05, 4.69) is 0 Å². The van der Waals surface area contributed by atoms with E-state index in [4.69, 9.17) is 42.2 Å². The van der Waals surface area contributed by atoms with E-state index >= 15 is 0 Å². The van der Waals surface area contributed by atoms with Crippen LogP contribution in [-0.2, 0) is 47.5 Å². The van der Waals surface area contributed by atoms with E-state index in [1.165, 1.54) is 0 Å². The van der Waals surface area contributed by atoms with Crippen molar-refractivity contribution in [1.29, 1.82) is 0 Å². The van der Waals surface area contributed by atoms with Crippen molar-refractivity contribution in [3.8, 4) is 0 Å². The molecule has 16 heteroatoms. The summed E-state index contributed by atoms with van der Waals surface area (Å²) in [6.07, 6.45) is 0. The van der Waals surface area contributed by atoms with Crippen LogP contribution in [-0.4, -0.2) is 44.3 Å². The zero-order chi connectivity index (χ0) is 10.7. The van der Waals surface area contributed by atoms with E-state index in [0.717, 1.165) is 0 Å². The topological polar surface area (TPSA) is 190 Å². The molecule has 0 spiro atoms. The van der Waals surface area contributed by atoms with E-state index in [9.17, 15) is 0 Å². The van der Waals surface area contributed by atoms with Gasteiger partial charge in [-0.15, -0.1) is 0 Å². The van der Waals surface area contributed by atoms with Crippen molar-refractivity contribution in [2.75, 3.05) is 0 Å². The summed E-state index contributed by atoms with van der Waals surface area (Å²) in [4.78, 5) is 51.1. The first kappa shape index (κ1) is 44.4. The Hall–Kier alpha value is 0.0195. The molecule has 0 aliphatic heterocycles. The number of hydrogen-bond acceptors (Lipinski definition) is 9. The van der Waals surface area contributed by atoms with Crippen molar-refractivity contribution in [3.05, 3.63) is 0 Å². The number of rotatable bonds is 0. The molecule has 8 radical (unpaired) electrons. The molecule has 0 aromatic rings. The molecule has 0 saturated heterocycles. The van der Waals surface area contributed by atoms with Gasteiger partial charge in [0.25, 0.3) is 0 Å². The van der Waals surface area contributed by atoms with E-state index < -0.39 is 27.5 Å². The molecular weight excluding hydrogens is 362 g/mol. The van der Waals surface area contributed by atoms with Gasteiger partial charge in [0, 0.05) is 44.3 Å². The van der Waals surface area contributed by atoms with Crippen LogP contribution in [0.2, 0.25) is 0 Å². The van der Waals surface area contributed by atoms with E-state index in [1.54, 1.807) is 0 Å². The molecule has 0 bridgehead atoms. The van der Waals surface area contributed by atoms with Gasteiger partial charge in [0.05, 0.1) is 0 Å². The maximum Gasteiger partial charge on any atom is 3.00 e. The number of hydrogen-bond donors (Lipinski definition) is 0. The minimum atomic E-state index is -3.63. The van der Waals surface area contributed by atoms with Crippen molar-refractivity contribution >= 4 is 44.3 Å². The molecule has 0 saturated carbocycles. The average Bonchev–Trinajstić information content (AvgIpc) is 1.54. The minimum absolute atomic E-state index is 0. The SMILES string of the molecule is O=[Si]([O-])[O-].O=[Si]([O-])[O-].O=[Si]([O-])[O-].[B].[B].[Fe+3].[Fe+3]. The van der Waals surface area contributed by atoms with Gasteiger partial charge in [0.2, 0.25) is 0 Å². The molecule has 0 unspecified atom stereocenters. The Balaban J connectivity index is -0.0000000135. The molecule has 16 heavy (non-hydrogen) atoms. The Morgan fingerprint density at radius 1 is 0.500 bits per heavy atom. The fourth-order valence-electron chi connectivity index (χ4n) is 0. The van der Waals surface area contributed by atoms with Crippen LogP contribution in [0.4, 0.5) is 0 Å². The van der Waals surface area contributed by atoms with Gasteiger partial charge < -0.3 is 42.2 Å². The summed E-state index contributed by atoms with van der Waals surface area (Å²) in [5.74, 6) is 0. The Kier molecular flexibility index (Phi) is 101. The third-order valence-electron chi connectivity index (χ3n) is 0. The Labute approximate surface area is 120 Å². The van der Waals surface area contributed by atoms with Crippen LogP contribution in [0, 0.1) is 0 Å². The maximum absolute atomic E-state index is 8.52. The van der Waals surface area contributed by atoms with Crippen molar-refractivity contribution in [2.24, 2.45) is 0 Å². The van der Waals surface area contributed by atoms with Crippen LogP contribution in [0.1, 0.15) is 0 Å². The first-order valence-corrected chi connectivity index (χ1v) is 5.51. The molecule has 0 atom stereocenters. The Morgan fingerprint density at radius 3 is 0.500 bits per heavy atom. The second-order valence-corrected chi connectivity index (χ2v) is 2.25. The van der Waals surface area contributed by atoms with E-state index in [0.29, 0.717) is 0 Å². The van der Waals surface area contributed by atoms with Gasteiger partial charge in [-0.25, -0.2) is 0 Å². The van der Waals surface area contributed by atoms with E-state index in [-0.39, 0.29) is 51.0 Å². The molecule has 0 N–H and O–H groups in total. The quantitative estimate of drug-likeness (QED) is 0.377. The normalized spacial score (nSPS) is 4.50. The van der Waals surface area contributed by atoms with Crippen LogP contribution in [0.25, 0.3) is 0 Å². The largest absolute Gasteiger partial charge is 3.00 e. The molecule has 0 amide bonds. The predicted molar refractivity (Wildman–Crippen MR) is 30.8 cm³/mol.